The van der Waals surface area contributed by atoms with Gasteiger partial charge in [-0.1, -0.05) is 48.0 Å². The molecule has 4 heteroatoms. The summed E-state index contributed by atoms with van der Waals surface area (Å²) < 4.78 is 0. The van der Waals surface area contributed by atoms with Crippen molar-refractivity contribution < 1.29 is 4.79 Å². The molecule has 22 heavy (non-hydrogen) atoms. The van der Waals surface area contributed by atoms with Gasteiger partial charge in [-0.2, -0.15) is 0 Å². The number of nitrogens with two attached hydrogens (primary N) is 2. The molecule has 0 saturated heterocycles. The van der Waals surface area contributed by atoms with Crippen LogP contribution in [0, 0.1) is 6.92 Å². The fraction of sp³-hybridized carbons (Fsp3) is 0.222. The van der Waals surface area contributed by atoms with E-state index in [4.69, 9.17) is 11.5 Å². The molecule has 1 aliphatic rings. The molecule has 0 spiro atoms. The van der Waals surface area contributed by atoms with Crippen LogP contribution in [-0.4, -0.2) is 17.5 Å². The number of nitrogens with zero attached hydrogens (tertiary/aromatic N) is 1. The minimum Gasteiger partial charge on any atom is -0.399 e. The van der Waals surface area contributed by atoms with Crippen molar-refractivity contribution in [2.75, 3.05) is 5.73 Å². The van der Waals surface area contributed by atoms with Crippen LogP contribution in [0.4, 0.5) is 5.69 Å². The third kappa shape index (κ3) is 3.80. The van der Waals surface area contributed by atoms with Crippen LogP contribution in [0.3, 0.4) is 0 Å². The highest BCUT2D eigenvalue weighted by Crippen LogP contribution is 2.24. The molecule has 4 nitrogen and oxygen atoms in total. The summed E-state index contributed by atoms with van der Waals surface area (Å²) in [5, 5.41) is 0. The van der Waals surface area contributed by atoms with Crippen molar-refractivity contribution in [3.63, 3.8) is 0 Å². The fourth-order valence-electron chi connectivity index (χ4n) is 2.16. The second kappa shape index (κ2) is 7.00. The number of aliphatic imine (C=N–C) groups is 1. The lowest BCUT2D eigenvalue weighted by atomic mass is 10.0. The Morgan fingerprint density at radius 1 is 0.955 bits per heavy atom. The lowest BCUT2D eigenvalue weighted by Gasteiger charge is -2.06. The van der Waals surface area contributed by atoms with E-state index in [0.717, 1.165) is 17.0 Å². The van der Waals surface area contributed by atoms with Gasteiger partial charge in [-0.05, 0) is 31.5 Å². The Morgan fingerprint density at radius 2 is 1.55 bits per heavy atom. The molecular weight excluding hydrogens is 274 g/mol. The molecule has 1 aliphatic heterocycles. The third-order valence-electron chi connectivity index (χ3n) is 3.55. The summed E-state index contributed by atoms with van der Waals surface area (Å²) in [6.07, 6.45) is 0. The van der Waals surface area contributed by atoms with E-state index in [2.05, 4.69) is 4.99 Å². The van der Waals surface area contributed by atoms with Crippen LogP contribution in [0.15, 0.2) is 59.6 Å². The van der Waals surface area contributed by atoms with Gasteiger partial charge in [0, 0.05) is 11.4 Å². The zero-order valence-corrected chi connectivity index (χ0v) is 12.9. The number of hydrogen-bond acceptors (Lipinski definition) is 4. The van der Waals surface area contributed by atoms with Crippen LogP contribution in [0.5, 0.6) is 0 Å². The second-order valence-corrected chi connectivity index (χ2v) is 5.37. The van der Waals surface area contributed by atoms with Crippen LogP contribution in [-0.2, 0) is 4.79 Å². The molecule has 114 valence electrons. The molecule has 0 fully saturated rings. The van der Waals surface area contributed by atoms with Crippen LogP contribution in [0.2, 0.25) is 0 Å². The van der Waals surface area contributed by atoms with Gasteiger partial charge in [-0.3, -0.25) is 9.79 Å². The number of nitrogen functional groups attached to an aromatic ring is 1. The molecule has 0 aromatic heterocycles. The second-order valence-electron chi connectivity index (χ2n) is 5.37. The molecule has 2 aromatic rings. The molecule has 3 rings (SSSR count). The van der Waals surface area contributed by atoms with Crippen LogP contribution < -0.4 is 11.5 Å². The number of rotatable bonds is 1. The summed E-state index contributed by atoms with van der Waals surface area (Å²) in [5.41, 5.74) is 14.8. The molecule has 4 N–H and O–H groups in total. The van der Waals surface area contributed by atoms with Gasteiger partial charge in [-0.15, -0.1) is 0 Å². The normalized spacial score (nSPS) is 20.1. The first kappa shape index (κ1) is 15.9. The zero-order valence-electron chi connectivity index (χ0n) is 12.9. The van der Waals surface area contributed by atoms with Crippen molar-refractivity contribution in [2.24, 2.45) is 10.7 Å². The number of carbonyl (C=O) groups excluding carboxylic acids is 1. The van der Waals surface area contributed by atoms with Gasteiger partial charge in [-0.25, -0.2) is 0 Å². The molecule has 2 aromatic carbocycles. The highest BCUT2D eigenvalue weighted by molar-refractivity contribution is 6.14. The van der Waals surface area contributed by atoms with Crippen LogP contribution >= 0.6 is 0 Å². The number of carbonyl (C=O) groups is 1. The maximum Gasteiger partial charge on any atom is 0.184 e. The number of hydrogen-bond donors (Lipinski definition) is 2. The lowest BCUT2D eigenvalue weighted by molar-refractivity contribution is -0.119. The Kier molecular flexibility index (Phi) is 5.07. The first-order valence-corrected chi connectivity index (χ1v) is 7.19. The van der Waals surface area contributed by atoms with Gasteiger partial charge >= 0.3 is 0 Å². The first-order chi connectivity index (χ1) is 10.5. The van der Waals surface area contributed by atoms with Crippen molar-refractivity contribution in [3.8, 4) is 0 Å². The topological polar surface area (TPSA) is 81.5 Å². The number of ketones is 1. The number of Topliss-reactive ketones (excluding diaryl/α,β-unsaturated/α-hetero) is 1. The van der Waals surface area contributed by atoms with Crippen LogP contribution in [0.1, 0.15) is 24.1 Å². The molecule has 0 aliphatic carbocycles. The van der Waals surface area contributed by atoms with Gasteiger partial charge in [0.2, 0.25) is 0 Å². The van der Waals surface area contributed by atoms with Crippen molar-refractivity contribution in [1.82, 2.24) is 0 Å². The van der Waals surface area contributed by atoms with E-state index in [1.165, 1.54) is 5.56 Å². The van der Waals surface area contributed by atoms with E-state index in [1.54, 1.807) is 6.92 Å². The van der Waals surface area contributed by atoms with Gasteiger partial charge in [0.05, 0.1) is 0 Å². The summed E-state index contributed by atoms with van der Waals surface area (Å²) in [5.74, 6) is -0.00583. The largest absolute Gasteiger partial charge is 0.399 e. The van der Waals surface area contributed by atoms with Crippen molar-refractivity contribution >= 4 is 17.2 Å². The highest BCUT2D eigenvalue weighted by Gasteiger charge is 2.32. The standard InChI is InChI=1S/C11H12N2O.C7H9N/c1-7-9(12)11(14)10(13-7)8-5-3-2-4-6-8;1-6-2-4-7(8)5-3-6/h2-6,9-10H,12H2,1H3;2-5H,8H2,1H3. The number of aryl methyl sites for hydroxylation is 1. The maximum absolute atomic E-state index is 11.7. The van der Waals surface area contributed by atoms with E-state index in [9.17, 15) is 4.79 Å². The van der Waals surface area contributed by atoms with Gasteiger partial charge in [0.25, 0.3) is 0 Å². The summed E-state index contributed by atoms with van der Waals surface area (Å²) in [6, 6.07) is 16.4. The van der Waals surface area contributed by atoms with Gasteiger partial charge in [0.15, 0.2) is 5.78 Å². The Labute approximate surface area is 130 Å². The lowest BCUT2D eigenvalue weighted by Crippen LogP contribution is -2.33. The number of anilines is 1. The summed E-state index contributed by atoms with van der Waals surface area (Å²) in [6.45, 7) is 3.84. The summed E-state index contributed by atoms with van der Waals surface area (Å²) in [4.78, 5) is 15.9. The predicted octanol–water partition coefficient (Wildman–Crippen LogP) is 2.68. The van der Waals surface area contributed by atoms with E-state index >= 15 is 0 Å². The highest BCUT2D eigenvalue weighted by atomic mass is 16.1. The Hall–Kier alpha value is -2.46. The van der Waals surface area contributed by atoms with E-state index in [1.807, 2.05) is 61.5 Å². The zero-order chi connectivity index (χ0) is 16.1. The van der Waals surface area contributed by atoms with E-state index in [0.29, 0.717) is 0 Å². The molecule has 2 unspecified atom stereocenters. The average molecular weight is 295 g/mol. The molecular formula is C18H21N3O. The predicted molar refractivity (Wildman–Crippen MR) is 90.9 cm³/mol. The molecule has 1 heterocycles. The van der Waals surface area contributed by atoms with Crippen molar-refractivity contribution in [2.45, 2.75) is 25.9 Å². The SMILES string of the molecule is CC1=NC(c2ccccc2)C(=O)C1N.Cc1ccc(N)cc1. The van der Waals surface area contributed by atoms with Crippen molar-refractivity contribution in [1.29, 1.82) is 0 Å². The summed E-state index contributed by atoms with van der Waals surface area (Å²) >= 11 is 0. The molecule has 2 atom stereocenters. The minimum absolute atomic E-state index is 0.00583. The first-order valence-electron chi connectivity index (χ1n) is 7.19. The summed E-state index contributed by atoms with van der Waals surface area (Å²) in [7, 11) is 0. The fourth-order valence-corrected chi connectivity index (χ4v) is 2.16. The van der Waals surface area contributed by atoms with Crippen LogP contribution in [0.25, 0.3) is 0 Å². The molecule has 0 radical (unpaired) electrons. The van der Waals surface area contributed by atoms with Crippen molar-refractivity contribution in [3.05, 3.63) is 65.7 Å². The molecule has 0 bridgehead atoms. The molecule has 0 saturated carbocycles. The van der Waals surface area contributed by atoms with E-state index in [-0.39, 0.29) is 11.8 Å². The van der Waals surface area contributed by atoms with Gasteiger partial charge in [0.1, 0.15) is 12.1 Å². The molecule has 0 amide bonds. The minimum atomic E-state index is -0.514. The quantitative estimate of drug-likeness (QED) is 0.794. The Bertz CT molecular complexity index is 641. The smallest absolute Gasteiger partial charge is 0.184 e. The van der Waals surface area contributed by atoms with E-state index < -0.39 is 6.04 Å². The maximum atomic E-state index is 11.7. The third-order valence-corrected chi connectivity index (χ3v) is 3.55. The number of benzene rings is 2. The average Bonchev–Trinajstić information content (AvgIpc) is 2.79. The monoisotopic (exact) mass is 295 g/mol. The Balaban J connectivity index is 0.000000188. The van der Waals surface area contributed by atoms with Gasteiger partial charge < -0.3 is 11.5 Å². The Morgan fingerprint density at radius 3 is 2.00 bits per heavy atom.